The Hall–Kier alpha value is -0.720. The van der Waals surface area contributed by atoms with E-state index in [1.54, 1.807) is 13.0 Å². The predicted molar refractivity (Wildman–Crippen MR) is 54.2 cm³/mol. The number of benzene rings is 1. The third-order valence-electron chi connectivity index (χ3n) is 1.66. The highest BCUT2D eigenvalue weighted by molar-refractivity contribution is 7.89. The van der Waals surface area contributed by atoms with Crippen LogP contribution in [0.15, 0.2) is 21.9 Å². The molecule has 0 aliphatic heterocycles. The molecule has 1 aromatic carbocycles. The lowest BCUT2D eigenvalue weighted by Crippen LogP contribution is -2.14. The molecule has 1 aromatic rings. The van der Waals surface area contributed by atoms with Crippen LogP contribution in [0, 0.1) is 6.92 Å². The van der Waals surface area contributed by atoms with Crippen molar-refractivity contribution < 1.29 is 8.42 Å². The predicted octanol–water partition coefficient (Wildman–Crippen LogP) is 0.513. The summed E-state index contributed by atoms with van der Waals surface area (Å²) in [6, 6.07) is 2.90. The molecular formula is C7H10N2O2S2. The van der Waals surface area contributed by atoms with Crippen molar-refractivity contribution >= 4 is 28.3 Å². The van der Waals surface area contributed by atoms with E-state index in [4.69, 9.17) is 10.9 Å². The second kappa shape index (κ2) is 3.21. The van der Waals surface area contributed by atoms with Gasteiger partial charge in [-0.15, -0.1) is 12.6 Å². The van der Waals surface area contributed by atoms with Crippen LogP contribution in [0.3, 0.4) is 0 Å². The normalized spacial score (nSPS) is 11.6. The summed E-state index contributed by atoms with van der Waals surface area (Å²) in [5.41, 5.74) is 6.30. The summed E-state index contributed by atoms with van der Waals surface area (Å²) in [5, 5.41) is 4.98. The van der Waals surface area contributed by atoms with E-state index in [0.29, 0.717) is 16.1 Å². The fourth-order valence-corrected chi connectivity index (χ4v) is 2.17. The zero-order chi connectivity index (χ0) is 10.2. The second-order valence-corrected chi connectivity index (χ2v) is 4.72. The summed E-state index contributed by atoms with van der Waals surface area (Å²) in [6.45, 7) is 1.63. The lowest BCUT2D eigenvalue weighted by molar-refractivity contribution is 0.597. The van der Waals surface area contributed by atoms with Crippen molar-refractivity contribution in [3.63, 3.8) is 0 Å². The molecule has 0 saturated carbocycles. The summed E-state index contributed by atoms with van der Waals surface area (Å²) in [4.78, 5) is 0.543. The SMILES string of the molecule is Cc1c(S)cc(N)cc1S(N)(=O)=O. The minimum absolute atomic E-state index is 0.0255. The number of nitrogen functional groups attached to an aromatic ring is 1. The Kier molecular flexibility index (Phi) is 2.56. The van der Waals surface area contributed by atoms with E-state index >= 15 is 0 Å². The average Bonchev–Trinajstić information content (AvgIpc) is 1.94. The fourth-order valence-electron chi connectivity index (χ4n) is 0.989. The van der Waals surface area contributed by atoms with Crippen LogP contribution < -0.4 is 10.9 Å². The molecule has 0 saturated heterocycles. The number of sulfonamides is 1. The number of rotatable bonds is 1. The van der Waals surface area contributed by atoms with E-state index in [2.05, 4.69) is 12.6 Å². The third-order valence-corrected chi connectivity index (χ3v) is 3.16. The van der Waals surface area contributed by atoms with Crippen LogP contribution in [0.25, 0.3) is 0 Å². The molecule has 0 amide bonds. The van der Waals surface area contributed by atoms with Crippen molar-refractivity contribution in [1.82, 2.24) is 0 Å². The van der Waals surface area contributed by atoms with Crippen molar-refractivity contribution in [2.75, 3.05) is 5.73 Å². The van der Waals surface area contributed by atoms with Gasteiger partial charge in [-0.2, -0.15) is 0 Å². The van der Waals surface area contributed by atoms with Crippen molar-refractivity contribution in [2.45, 2.75) is 16.7 Å². The first-order valence-electron chi connectivity index (χ1n) is 3.44. The maximum Gasteiger partial charge on any atom is 0.238 e. The first kappa shape index (κ1) is 10.4. The van der Waals surface area contributed by atoms with Crippen LogP contribution in [0.4, 0.5) is 5.69 Å². The molecule has 0 unspecified atom stereocenters. The molecule has 0 aliphatic carbocycles. The van der Waals surface area contributed by atoms with E-state index in [-0.39, 0.29) is 4.90 Å². The Labute approximate surface area is 82.4 Å². The van der Waals surface area contributed by atoms with Crippen LogP contribution in [-0.2, 0) is 10.0 Å². The molecule has 13 heavy (non-hydrogen) atoms. The summed E-state index contributed by atoms with van der Waals surface area (Å²) < 4.78 is 22.1. The Bertz CT molecular complexity index is 440. The number of thiol groups is 1. The van der Waals surface area contributed by atoms with Crippen LogP contribution in [0.2, 0.25) is 0 Å². The summed E-state index contributed by atoms with van der Waals surface area (Å²) in [7, 11) is -3.71. The Morgan fingerprint density at radius 2 is 1.92 bits per heavy atom. The van der Waals surface area contributed by atoms with E-state index in [1.165, 1.54) is 6.07 Å². The number of hydrogen-bond acceptors (Lipinski definition) is 4. The van der Waals surface area contributed by atoms with Gasteiger partial charge in [-0.1, -0.05) is 0 Å². The van der Waals surface area contributed by atoms with Gasteiger partial charge in [0.2, 0.25) is 10.0 Å². The number of hydrogen-bond donors (Lipinski definition) is 3. The Morgan fingerprint density at radius 3 is 2.38 bits per heavy atom. The van der Waals surface area contributed by atoms with Gasteiger partial charge in [0.15, 0.2) is 0 Å². The molecule has 72 valence electrons. The third kappa shape index (κ3) is 2.15. The lowest BCUT2D eigenvalue weighted by Gasteiger charge is -2.06. The quantitative estimate of drug-likeness (QED) is 0.474. The molecule has 0 aliphatic rings. The van der Waals surface area contributed by atoms with Crippen LogP contribution in [0.5, 0.6) is 0 Å². The molecular weight excluding hydrogens is 208 g/mol. The van der Waals surface area contributed by atoms with Gasteiger partial charge in [-0.25, -0.2) is 13.6 Å². The molecule has 0 atom stereocenters. The van der Waals surface area contributed by atoms with E-state index in [0.717, 1.165) is 0 Å². The zero-order valence-electron chi connectivity index (χ0n) is 6.98. The highest BCUT2D eigenvalue weighted by Crippen LogP contribution is 2.24. The largest absolute Gasteiger partial charge is 0.399 e. The van der Waals surface area contributed by atoms with Crippen LogP contribution >= 0.6 is 12.6 Å². The molecule has 0 bridgehead atoms. The van der Waals surface area contributed by atoms with Gasteiger partial charge in [0.05, 0.1) is 4.90 Å². The average molecular weight is 218 g/mol. The molecule has 1 rings (SSSR count). The smallest absolute Gasteiger partial charge is 0.238 e. The van der Waals surface area contributed by atoms with Crippen molar-refractivity contribution in [3.05, 3.63) is 17.7 Å². The first-order valence-corrected chi connectivity index (χ1v) is 5.43. The van der Waals surface area contributed by atoms with Crippen molar-refractivity contribution in [1.29, 1.82) is 0 Å². The van der Waals surface area contributed by atoms with E-state index < -0.39 is 10.0 Å². The molecule has 0 fully saturated rings. The minimum atomic E-state index is -3.71. The van der Waals surface area contributed by atoms with Crippen molar-refractivity contribution in [2.24, 2.45) is 5.14 Å². The van der Waals surface area contributed by atoms with Gasteiger partial charge < -0.3 is 5.73 Å². The second-order valence-electron chi connectivity index (χ2n) is 2.71. The van der Waals surface area contributed by atoms with Gasteiger partial charge in [-0.3, -0.25) is 0 Å². The molecule has 6 heteroatoms. The fraction of sp³-hybridized carbons (Fsp3) is 0.143. The first-order chi connectivity index (χ1) is 5.82. The number of nitrogens with two attached hydrogens (primary N) is 2. The van der Waals surface area contributed by atoms with Crippen LogP contribution in [-0.4, -0.2) is 8.42 Å². The topological polar surface area (TPSA) is 86.2 Å². The maximum absolute atomic E-state index is 11.0. The highest BCUT2D eigenvalue weighted by Gasteiger charge is 2.13. The molecule has 4 nitrogen and oxygen atoms in total. The maximum atomic E-state index is 11.0. The van der Waals surface area contributed by atoms with E-state index in [9.17, 15) is 8.42 Å². The van der Waals surface area contributed by atoms with Gasteiger partial charge in [0.1, 0.15) is 0 Å². The Balaban J connectivity index is 3.56. The van der Waals surface area contributed by atoms with Gasteiger partial charge in [0.25, 0.3) is 0 Å². The minimum Gasteiger partial charge on any atom is -0.399 e. The van der Waals surface area contributed by atoms with Gasteiger partial charge >= 0.3 is 0 Å². The van der Waals surface area contributed by atoms with Crippen molar-refractivity contribution in [3.8, 4) is 0 Å². The lowest BCUT2D eigenvalue weighted by atomic mass is 10.2. The summed E-state index contributed by atoms with van der Waals surface area (Å²) >= 11 is 4.07. The molecule has 0 aromatic heterocycles. The number of primary sulfonamides is 1. The van der Waals surface area contributed by atoms with E-state index in [1.807, 2.05) is 0 Å². The molecule has 4 N–H and O–H groups in total. The zero-order valence-corrected chi connectivity index (χ0v) is 8.69. The summed E-state index contributed by atoms with van der Waals surface area (Å²) in [5.74, 6) is 0. The molecule has 0 radical (unpaired) electrons. The summed E-state index contributed by atoms with van der Waals surface area (Å²) in [6.07, 6.45) is 0. The molecule has 0 spiro atoms. The van der Waals surface area contributed by atoms with Gasteiger partial charge in [-0.05, 0) is 24.6 Å². The number of anilines is 1. The Morgan fingerprint density at radius 1 is 1.38 bits per heavy atom. The molecule has 0 heterocycles. The standard InChI is InChI=1S/C7H10N2O2S2/c1-4-6(12)2-5(8)3-7(4)13(9,10)11/h2-3,12H,8H2,1H3,(H2,9,10,11). The monoisotopic (exact) mass is 218 g/mol. The van der Waals surface area contributed by atoms with Crippen LogP contribution in [0.1, 0.15) is 5.56 Å². The van der Waals surface area contributed by atoms with Gasteiger partial charge in [0, 0.05) is 10.6 Å². The highest BCUT2D eigenvalue weighted by atomic mass is 32.2.